The van der Waals surface area contributed by atoms with E-state index >= 15 is 4.39 Å². The first kappa shape index (κ1) is 19.2. The van der Waals surface area contributed by atoms with E-state index in [1.165, 1.54) is 6.07 Å². The highest BCUT2D eigenvalue weighted by Crippen LogP contribution is 2.24. The molecule has 1 aromatic carbocycles. The molecule has 142 valence electrons. The maximum atomic E-state index is 15.0. The Morgan fingerprint density at radius 1 is 1.25 bits per heavy atom. The zero-order valence-electron chi connectivity index (χ0n) is 16.0. The van der Waals surface area contributed by atoms with Gasteiger partial charge in [-0.2, -0.15) is 5.10 Å². The predicted molar refractivity (Wildman–Crippen MR) is 108 cm³/mol. The second-order valence-electron chi connectivity index (χ2n) is 6.22. The van der Waals surface area contributed by atoms with Crippen LogP contribution in [0.5, 0.6) is 0 Å². The molecule has 1 N–H and O–H groups in total. The molecule has 0 spiro atoms. The molecule has 0 unspecified atom stereocenters. The number of hydrogen-bond donors (Lipinski definition) is 1. The Labute approximate surface area is 162 Å². The number of carbonyl (C=O) groups is 1. The summed E-state index contributed by atoms with van der Waals surface area (Å²) in [6, 6.07) is 8.42. The molecule has 0 saturated carbocycles. The molecule has 0 radical (unpaired) electrons. The molecule has 0 atom stereocenters. The van der Waals surface area contributed by atoms with Gasteiger partial charge in [-0.1, -0.05) is 36.9 Å². The number of pyridine rings is 1. The van der Waals surface area contributed by atoms with Gasteiger partial charge in [0.05, 0.1) is 11.5 Å². The number of amides is 1. The Morgan fingerprint density at radius 3 is 2.61 bits per heavy atom. The Morgan fingerprint density at radius 2 is 2.04 bits per heavy atom. The Bertz CT molecular complexity index is 1180. The molecular weight excluding hydrogens is 355 g/mol. The van der Waals surface area contributed by atoms with Gasteiger partial charge in [0.1, 0.15) is 11.5 Å². The maximum absolute atomic E-state index is 15.0. The van der Waals surface area contributed by atoms with Crippen LogP contribution in [0.15, 0.2) is 55.4 Å². The highest BCUT2D eigenvalue weighted by atomic mass is 19.1. The number of halogens is 1. The van der Waals surface area contributed by atoms with Crippen molar-refractivity contribution in [1.29, 1.82) is 0 Å². The van der Waals surface area contributed by atoms with Gasteiger partial charge in [-0.05, 0) is 29.8 Å². The smallest absolute Gasteiger partial charge is 0.269 e. The van der Waals surface area contributed by atoms with Crippen molar-refractivity contribution in [2.75, 3.05) is 7.05 Å². The van der Waals surface area contributed by atoms with Gasteiger partial charge < -0.3 is 5.32 Å². The quantitative estimate of drug-likeness (QED) is 0.759. The highest BCUT2D eigenvalue weighted by molar-refractivity contribution is 5.92. The minimum atomic E-state index is -0.398. The second-order valence-corrected chi connectivity index (χ2v) is 6.22. The Balaban J connectivity index is 2.24. The maximum Gasteiger partial charge on any atom is 0.269 e. The van der Waals surface area contributed by atoms with Crippen LogP contribution >= 0.6 is 0 Å². The van der Waals surface area contributed by atoms with Gasteiger partial charge in [0, 0.05) is 37.0 Å². The van der Waals surface area contributed by atoms with Gasteiger partial charge in [-0.25, -0.2) is 9.37 Å². The minimum Gasteiger partial charge on any atom is -0.354 e. The molecule has 0 saturated heterocycles. The van der Waals surface area contributed by atoms with E-state index in [2.05, 4.69) is 22.0 Å². The molecule has 3 rings (SSSR count). The molecule has 1 amide bonds. The van der Waals surface area contributed by atoms with Crippen molar-refractivity contribution < 1.29 is 9.18 Å². The molecule has 28 heavy (non-hydrogen) atoms. The monoisotopic (exact) mass is 376 g/mol. The van der Waals surface area contributed by atoms with Gasteiger partial charge in [0.25, 0.3) is 5.91 Å². The first-order valence-electron chi connectivity index (χ1n) is 8.79. The number of aromatic nitrogens is 3. The Kier molecular flexibility index (Phi) is 5.49. The van der Waals surface area contributed by atoms with E-state index in [0.29, 0.717) is 16.5 Å². The van der Waals surface area contributed by atoms with E-state index in [1.807, 2.05) is 32.3 Å². The number of rotatable bonds is 4. The molecule has 0 fully saturated rings. The summed E-state index contributed by atoms with van der Waals surface area (Å²) in [5.74, 6) is -0.704. The minimum absolute atomic E-state index is 0.259. The third kappa shape index (κ3) is 3.62. The topological polar surface area (TPSA) is 59.8 Å². The van der Waals surface area contributed by atoms with Crippen molar-refractivity contribution in [1.82, 2.24) is 20.1 Å². The van der Waals surface area contributed by atoms with Crippen LogP contribution in [0.3, 0.4) is 0 Å². The number of carbonyl (C=O) groups excluding carboxylic acids is 1. The largest absolute Gasteiger partial charge is 0.354 e. The molecule has 0 aliphatic rings. The van der Waals surface area contributed by atoms with E-state index in [0.717, 1.165) is 16.3 Å². The summed E-state index contributed by atoms with van der Waals surface area (Å²) in [6.07, 6.45) is 6.93. The van der Waals surface area contributed by atoms with E-state index in [-0.39, 0.29) is 11.6 Å². The lowest BCUT2D eigenvalue weighted by Crippen LogP contribution is -2.34. The zero-order chi connectivity index (χ0) is 20.3. The van der Waals surface area contributed by atoms with E-state index in [4.69, 9.17) is 0 Å². The van der Waals surface area contributed by atoms with Gasteiger partial charge in [0.15, 0.2) is 0 Å². The van der Waals surface area contributed by atoms with E-state index in [9.17, 15) is 4.79 Å². The molecular formula is C22H21FN4O. The molecule has 6 heteroatoms. The van der Waals surface area contributed by atoms with Gasteiger partial charge in [-0.3, -0.25) is 9.48 Å². The van der Waals surface area contributed by atoms with Crippen LogP contribution < -0.4 is 15.9 Å². The molecule has 0 aliphatic heterocycles. The lowest BCUT2D eigenvalue weighted by atomic mass is 10.00. The number of allylic oxidation sites excluding steroid dienone is 1. The highest BCUT2D eigenvalue weighted by Gasteiger charge is 2.12. The lowest BCUT2D eigenvalue weighted by Gasteiger charge is -2.08. The van der Waals surface area contributed by atoms with Crippen molar-refractivity contribution in [2.24, 2.45) is 7.05 Å². The van der Waals surface area contributed by atoms with Crippen LogP contribution in [0, 0.1) is 5.82 Å². The summed E-state index contributed by atoms with van der Waals surface area (Å²) in [5, 5.41) is 7.97. The lowest BCUT2D eigenvalue weighted by molar-refractivity contribution is 0.0958. The van der Waals surface area contributed by atoms with Gasteiger partial charge in [0.2, 0.25) is 0 Å². The van der Waals surface area contributed by atoms with Crippen LogP contribution in [0.2, 0.25) is 0 Å². The fourth-order valence-corrected chi connectivity index (χ4v) is 2.99. The number of benzene rings is 1. The fraction of sp³-hybridized carbons (Fsp3) is 0.136. The van der Waals surface area contributed by atoms with E-state index in [1.54, 1.807) is 42.2 Å². The van der Waals surface area contributed by atoms with Crippen LogP contribution in [-0.4, -0.2) is 27.7 Å². The normalized spacial score (nSPS) is 12.6. The van der Waals surface area contributed by atoms with Gasteiger partial charge >= 0.3 is 0 Å². The summed E-state index contributed by atoms with van der Waals surface area (Å²) in [5.41, 5.74) is 2.71. The average Bonchev–Trinajstić information content (AvgIpc) is 3.15. The van der Waals surface area contributed by atoms with E-state index < -0.39 is 5.82 Å². The molecule has 5 nitrogen and oxygen atoms in total. The SMILES string of the molecule is C=C/C(c1ccc(-c2cnn(C)c2)cc1F)=c1/nc(C(=O)NC)cc/c1=C/C. The summed E-state index contributed by atoms with van der Waals surface area (Å²) < 4.78 is 16.7. The number of hydrogen-bond acceptors (Lipinski definition) is 3. The van der Waals surface area contributed by atoms with Gasteiger partial charge in [-0.15, -0.1) is 0 Å². The summed E-state index contributed by atoms with van der Waals surface area (Å²) in [6.45, 7) is 5.70. The standard InChI is InChI=1S/C22H21FN4O/c1-5-14-8-10-20(22(28)24-3)26-21(14)17(6-2)18-9-7-15(11-19(18)23)16-12-25-27(4)13-16/h5-13H,2H2,1,3-4H3,(H,24,28)/b14-5-,21-17-. The first-order chi connectivity index (χ1) is 13.5. The third-order valence-electron chi connectivity index (χ3n) is 4.45. The van der Waals surface area contributed by atoms with Crippen molar-refractivity contribution in [3.8, 4) is 11.1 Å². The molecule has 2 aromatic heterocycles. The van der Waals surface area contributed by atoms with Crippen molar-refractivity contribution in [2.45, 2.75) is 6.92 Å². The summed E-state index contributed by atoms with van der Waals surface area (Å²) in [4.78, 5) is 16.4. The van der Waals surface area contributed by atoms with Crippen LogP contribution in [-0.2, 0) is 7.05 Å². The molecule has 2 heterocycles. The van der Waals surface area contributed by atoms with Crippen LogP contribution in [0.25, 0.3) is 22.8 Å². The summed E-state index contributed by atoms with van der Waals surface area (Å²) >= 11 is 0. The number of nitrogens with zero attached hydrogens (tertiary/aromatic N) is 3. The zero-order valence-corrected chi connectivity index (χ0v) is 16.0. The first-order valence-corrected chi connectivity index (χ1v) is 8.79. The van der Waals surface area contributed by atoms with Crippen molar-refractivity contribution in [3.05, 3.63) is 83.0 Å². The number of aryl methyl sites for hydroxylation is 1. The molecule has 3 aromatic rings. The average molecular weight is 376 g/mol. The third-order valence-corrected chi connectivity index (χ3v) is 4.45. The van der Waals surface area contributed by atoms with Crippen LogP contribution in [0.1, 0.15) is 23.0 Å². The molecule has 0 bridgehead atoms. The van der Waals surface area contributed by atoms with Crippen molar-refractivity contribution in [3.63, 3.8) is 0 Å². The Hall–Kier alpha value is -3.54. The fourth-order valence-electron chi connectivity index (χ4n) is 2.99. The van der Waals surface area contributed by atoms with Crippen LogP contribution in [0.4, 0.5) is 4.39 Å². The second kappa shape index (κ2) is 8.00. The molecule has 0 aliphatic carbocycles. The summed E-state index contributed by atoms with van der Waals surface area (Å²) in [7, 11) is 3.35. The number of nitrogens with one attached hydrogen (secondary N) is 1. The van der Waals surface area contributed by atoms with Crippen molar-refractivity contribution >= 4 is 17.6 Å². The predicted octanol–water partition coefficient (Wildman–Crippen LogP) is 2.17.